The number of aliphatic hydroxyl groups is 1. The number of hydrogen-bond acceptors (Lipinski definition) is 4. The van der Waals surface area contributed by atoms with Crippen LogP contribution in [-0.2, 0) is 14.3 Å². The quantitative estimate of drug-likeness (QED) is 0.659. The predicted octanol–water partition coefficient (Wildman–Crippen LogP) is 1.12. The summed E-state index contributed by atoms with van der Waals surface area (Å²) in [5.74, 6) is -0.281. The van der Waals surface area contributed by atoms with Gasteiger partial charge in [0.1, 0.15) is 0 Å². The normalized spacial score (nSPS) is 17.2. The molecule has 0 heterocycles. The van der Waals surface area contributed by atoms with Crippen LogP contribution in [0, 0.1) is 0 Å². The molecule has 0 bridgehead atoms. The maximum atomic E-state index is 11.0. The number of methoxy groups -OCH3 is 1. The molecule has 0 aliphatic rings. The molecule has 0 amide bonds. The van der Waals surface area contributed by atoms with Gasteiger partial charge in [0.05, 0.1) is 18.3 Å². The van der Waals surface area contributed by atoms with Crippen LogP contribution < -0.4 is 0 Å². The van der Waals surface area contributed by atoms with Gasteiger partial charge in [-0.05, 0) is 27.2 Å². The van der Waals surface area contributed by atoms with E-state index in [0.717, 1.165) is 0 Å². The lowest BCUT2D eigenvalue weighted by atomic mass is 9.94. The molecule has 0 aliphatic carbocycles. The molecule has 0 rings (SSSR count). The molecule has 2 atom stereocenters. The Hall–Kier alpha value is -0.610. The molecule has 0 aliphatic heterocycles. The van der Waals surface area contributed by atoms with Crippen molar-refractivity contribution in [3.05, 3.63) is 0 Å². The second-order valence-corrected chi connectivity index (χ2v) is 3.54. The Morgan fingerprint density at radius 3 is 2.57 bits per heavy atom. The summed E-state index contributed by atoms with van der Waals surface area (Å²) in [5.41, 5.74) is -0.985. The molecule has 0 spiro atoms. The summed E-state index contributed by atoms with van der Waals surface area (Å²) in [4.78, 5) is 11.0. The average molecular weight is 204 g/mol. The molecule has 0 aromatic carbocycles. The SMILES string of the molecule is CCOC(=O)CCC(C)(O)C(C)OC. The van der Waals surface area contributed by atoms with Gasteiger partial charge in [-0.2, -0.15) is 0 Å². The highest BCUT2D eigenvalue weighted by molar-refractivity contribution is 5.69. The van der Waals surface area contributed by atoms with Crippen molar-refractivity contribution in [1.29, 1.82) is 0 Å². The van der Waals surface area contributed by atoms with Crippen molar-refractivity contribution in [2.24, 2.45) is 0 Å². The number of carbonyl (C=O) groups excluding carboxylic acids is 1. The largest absolute Gasteiger partial charge is 0.466 e. The number of hydrogen-bond donors (Lipinski definition) is 1. The van der Waals surface area contributed by atoms with Crippen LogP contribution in [0.15, 0.2) is 0 Å². The fourth-order valence-electron chi connectivity index (χ4n) is 1.05. The van der Waals surface area contributed by atoms with E-state index in [-0.39, 0.29) is 18.5 Å². The number of rotatable bonds is 6. The van der Waals surface area contributed by atoms with Gasteiger partial charge in [0.15, 0.2) is 0 Å². The predicted molar refractivity (Wildman–Crippen MR) is 53.0 cm³/mol. The molecular formula is C10H20O4. The highest BCUT2D eigenvalue weighted by atomic mass is 16.5. The molecule has 84 valence electrons. The molecule has 0 saturated heterocycles. The Morgan fingerprint density at radius 1 is 1.57 bits per heavy atom. The second-order valence-electron chi connectivity index (χ2n) is 3.54. The number of ether oxygens (including phenoxy) is 2. The topological polar surface area (TPSA) is 55.8 Å². The lowest BCUT2D eigenvalue weighted by Gasteiger charge is -2.28. The van der Waals surface area contributed by atoms with Gasteiger partial charge >= 0.3 is 5.97 Å². The van der Waals surface area contributed by atoms with Gasteiger partial charge in [-0.25, -0.2) is 0 Å². The minimum Gasteiger partial charge on any atom is -0.466 e. The van der Waals surface area contributed by atoms with Crippen molar-refractivity contribution in [2.45, 2.75) is 45.3 Å². The highest BCUT2D eigenvalue weighted by Gasteiger charge is 2.28. The maximum absolute atomic E-state index is 11.0. The zero-order valence-electron chi connectivity index (χ0n) is 9.37. The first kappa shape index (κ1) is 13.4. The Bertz CT molecular complexity index is 177. The molecule has 1 N–H and O–H groups in total. The summed E-state index contributed by atoms with van der Waals surface area (Å²) >= 11 is 0. The van der Waals surface area contributed by atoms with Gasteiger partial charge in [0, 0.05) is 13.5 Å². The third kappa shape index (κ3) is 4.58. The third-order valence-corrected chi connectivity index (χ3v) is 2.37. The van der Waals surface area contributed by atoms with E-state index in [0.29, 0.717) is 13.0 Å². The molecule has 0 aromatic rings. The van der Waals surface area contributed by atoms with Crippen molar-refractivity contribution >= 4 is 5.97 Å². The molecule has 0 aromatic heterocycles. The first-order valence-electron chi connectivity index (χ1n) is 4.84. The maximum Gasteiger partial charge on any atom is 0.305 e. The van der Waals surface area contributed by atoms with Crippen LogP contribution in [0.2, 0.25) is 0 Å². The minimum absolute atomic E-state index is 0.217. The molecule has 0 fully saturated rings. The van der Waals surface area contributed by atoms with Crippen molar-refractivity contribution in [1.82, 2.24) is 0 Å². The summed E-state index contributed by atoms with van der Waals surface area (Å²) in [6, 6.07) is 0. The Labute approximate surface area is 85.2 Å². The van der Waals surface area contributed by atoms with Crippen LogP contribution in [-0.4, -0.2) is 36.5 Å². The Balaban J connectivity index is 3.92. The van der Waals surface area contributed by atoms with Crippen LogP contribution in [0.3, 0.4) is 0 Å². The lowest BCUT2D eigenvalue weighted by Crippen LogP contribution is -2.39. The average Bonchev–Trinajstić information content (AvgIpc) is 2.14. The molecule has 4 heteroatoms. The van der Waals surface area contributed by atoms with Gasteiger partial charge in [-0.15, -0.1) is 0 Å². The van der Waals surface area contributed by atoms with Crippen LogP contribution in [0.25, 0.3) is 0 Å². The number of esters is 1. The summed E-state index contributed by atoms with van der Waals surface area (Å²) in [6.07, 6.45) is 0.270. The molecule has 4 nitrogen and oxygen atoms in total. The van der Waals surface area contributed by atoms with Crippen molar-refractivity contribution in [3.8, 4) is 0 Å². The van der Waals surface area contributed by atoms with Gasteiger partial charge in [-0.3, -0.25) is 4.79 Å². The smallest absolute Gasteiger partial charge is 0.305 e. The summed E-state index contributed by atoms with van der Waals surface area (Å²) < 4.78 is 9.76. The monoisotopic (exact) mass is 204 g/mol. The van der Waals surface area contributed by atoms with Gasteiger partial charge in [-0.1, -0.05) is 0 Å². The van der Waals surface area contributed by atoms with Gasteiger partial charge < -0.3 is 14.6 Å². The Morgan fingerprint density at radius 2 is 2.14 bits per heavy atom. The summed E-state index contributed by atoms with van der Waals surface area (Å²) in [7, 11) is 1.53. The van der Waals surface area contributed by atoms with Crippen LogP contribution in [0.4, 0.5) is 0 Å². The van der Waals surface area contributed by atoms with E-state index in [4.69, 9.17) is 9.47 Å². The zero-order chi connectivity index (χ0) is 11.2. The van der Waals surface area contributed by atoms with Crippen LogP contribution in [0.1, 0.15) is 33.6 Å². The summed E-state index contributed by atoms with van der Waals surface area (Å²) in [5, 5.41) is 9.87. The third-order valence-electron chi connectivity index (χ3n) is 2.37. The lowest BCUT2D eigenvalue weighted by molar-refractivity contribution is -0.146. The van der Waals surface area contributed by atoms with E-state index in [1.807, 2.05) is 0 Å². The highest BCUT2D eigenvalue weighted by Crippen LogP contribution is 2.19. The minimum atomic E-state index is -0.985. The second kappa shape index (κ2) is 5.98. The van der Waals surface area contributed by atoms with Gasteiger partial charge in [0.25, 0.3) is 0 Å². The summed E-state index contributed by atoms with van der Waals surface area (Å²) in [6.45, 7) is 5.56. The van der Waals surface area contributed by atoms with Crippen LogP contribution >= 0.6 is 0 Å². The fraction of sp³-hybridized carbons (Fsp3) is 0.900. The first-order valence-corrected chi connectivity index (χ1v) is 4.84. The first-order chi connectivity index (χ1) is 6.44. The Kier molecular flexibility index (Phi) is 5.72. The molecule has 0 saturated carbocycles. The van der Waals surface area contributed by atoms with Gasteiger partial charge in [0.2, 0.25) is 0 Å². The molecular weight excluding hydrogens is 184 g/mol. The molecule has 2 unspecified atom stereocenters. The van der Waals surface area contributed by atoms with E-state index in [1.54, 1.807) is 20.8 Å². The van der Waals surface area contributed by atoms with Crippen LogP contribution in [0.5, 0.6) is 0 Å². The van der Waals surface area contributed by atoms with E-state index < -0.39 is 5.60 Å². The van der Waals surface area contributed by atoms with Crippen molar-refractivity contribution in [2.75, 3.05) is 13.7 Å². The van der Waals surface area contributed by atoms with E-state index in [1.165, 1.54) is 7.11 Å². The molecule has 0 radical (unpaired) electrons. The standard InChI is InChI=1S/C10H20O4/c1-5-14-9(11)6-7-10(3,12)8(2)13-4/h8,12H,5-7H2,1-4H3. The zero-order valence-corrected chi connectivity index (χ0v) is 9.37. The van der Waals surface area contributed by atoms with E-state index in [2.05, 4.69) is 0 Å². The van der Waals surface area contributed by atoms with Crippen molar-refractivity contribution in [3.63, 3.8) is 0 Å². The van der Waals surface area contributed by atoms with E-state index >= 15 is 0 Å². The molecule has 14 heavy (non-hydrogen) atoms. The fourth-order valence-corrected chi connectivity index (χ4v) is 1.05. The van der Waals surface area contributed by atoms with Crippen molar-refractivity contribution < 1.29 is 19.4 Å². The number of carbonyl (C=O) groups is 1. The van der Waals surface area contributed by atoms with E-state index in [9.17, 15) is 9.90 Å².